The van der Waals surface area contributed by atoms with Crippen LogP contribution in [-0.4, -0.2) is 76.4 Å². The number of unbranched alkanes of at least 4 members (excludes halogenated alkanes) is 6. The first kappa shape index (κ1) is 48.4. The van der Waals surface area contributed by atoms with Gasteiger partial charge in [0.15, 0.2) is 17.1 Å². The van der Waals surface area contributed by atoms with E-state index in [1.54, 1.807) is 12.7 Å². The van der Waals surface area contributed by atoms with Crippen LogP contribution < -0.4 is 20.1 Å². The van der Waals surface area contributed by atoms with Crippen molar-refractivity contribution < 1.29 is 24.2 Å². The topological polar surface area (TPSA) is 206 Å². The second kappa shape index (κ2) is 26.0. The number of nitrogens with zero attached hydrogens (tertiary/aromatic N) is 6. The van der Waals surface area contributed by atoms with Gasteiger partial charge in [0, 0.05) is 43.5 Å². The zero-order valence-corrected chi connectivity index (χ0v) is 38.6. The average molecular weight is 917 g/mol. The second-order valence-corrected chi connectivity index (χ2v) is 16.4. The number of aromatic nitrogens is 8. The molecule has 4 aromatic heterocycles. The summed E-state index contributed by atoms with van der Waals surface area (Å²) in [6.45, 7) is 2.87. The Labute approximate surface area is 396 Å². The molecule has 8 rings (SSSR count). The van der Waals surface area contributed by atoms with Gasteiger partial charge in [-0.15, -0.1) is 0 Å². The van der Waals surface area contributed by atoms with Crippen LogP contribution >= 0.6 is 0 Å². The molecule has 0 unspecified atom stereocenters. The number of carbonyl (C=O) groups is 2. The summed E-state index contributed by atoms with van der Waals surface area (Å²) in [5.74, 6) is 2.91. The van der Waals surface area contributed by atoms with Crippen molar-refractivity contribution in [1.29, 1.82) is 0 Å². The maximum atomic E-state index is 11.3. The Bertz CT molecular complexity index is 2570. The van der Waals surface area contributed by atoms with Gasteiger partial charge < -0.3 is 35.2 Å². The van der Waals surface area contributed by atoms with Gasteiger partial charge in [-0.25, -0.2) is 19.9 Å². The van der Waals surface area contributed by atoms with Crippen molar-refractivity contribution in [2.75, 3.05) is 30.5 Å². The number of rotatable bonds is 26. The van der Waals surface area contributed by atoms with Crippen LogP contribution in [0.25, 0.3) is 22.3 Å². The summed E-state index contributed by atoms with van der Waals surface area (Å²) >= 11 is 0. The van der Waals surface area contributed by atoms with Gasteiger partial charge in [-0.3, -0.25) is 9.59 Å². The van der Waals surface area contributed by atoms with Gasteiger partial charge in [-0.2, -0.15) is 9.97 Å². The van der Waals surface area contributed by atoms with E-state index in [0.29, 0.717) is 74.3 Å². The van der Waals surface area contributed by atoms with Crippen LogP contribution in [0.4, 0.5) is 23.3 Å². The van der Waals surface area contributed by atoms with Gasteiger partial charge in [0.2, 0.25) is 11.9 Å². The van der Waals surface area contributed by atoms with Crippen LogP contribution in [0.15, 0.2) is 122 Å². The van der Waals surface area contributed by atoms with E-state index in [1.807, 2.05) is 91.9 Å². The fourth-order valence-electron chi connectivity index (χ4n) is 7.45. The minimum Gasteiger partial charge on any atom is -0.494 e. The molecule has 0 amide bonds. The van der Waals surface area contributed by atoms with E-state index >= 15 is 0 Å². The number of nitrogens with one attached hydrogen (secondary N) is 4. The van der Waals surface area contributed by atoms with Crippen molar-refractivity contribution >= 4 is 57.2 Å². The molecule has 15 nitrogen and oxygen atoms in total. The predicted molar refractivity (Wildman–Crippen MR) is 266 cm³/mol. The Morgan fingerprint density at radius 2 is 0.956 bits per heavy atom. The van der Waals surface area contributed by atoms with E-state index in [4.69, 9.17) is 24.5 Å². The molecular weight excluding hydrogens is 857 g/mol. The van der Waals surface area contributed by atoms with E-state index in [9.17, 15) is 9.59 Å². The van der Waals surface area contributed by atoms with Crippen molar-refractivity contribution in [2.45, 2.75) is 90.4 Å². The molecule has 15 heteroatoms. The molecule has 352 valence electrons. The van der Waals surface area contributed by atoms with Crippen LogP contribution in [0.3, 0.4) is 0 Å². The molecule has 0 saturated carbocycles. The molecule has 0 aliphatic rings. The highest BCUT2D eigenvalue weighted by atomic mass is 16.5. The van der Waals surface area contributed by atoms with Crippen molar-refractivity contribution in [2.24, 2.45) is 0 Å². The monoisotopic (exact) mass is 916 g/mol. The van der Waals surface area contributed by atoms with Crippen molar-refractivity contribution in [1.82, 2.24) is 39.9 Å². The Morgan fingerprint density at radius 3 is 1.38 bits per heavy atom. The molecule has 8 aromatic rings. The van der Waals surface area contributed by atoms with E-state index in [1.165, 1.54) is 11.1 Å². The molecule has 0 bridgehead atoms. The lowest BCUT2D eigenvalue weighted by molar-refractivity contribution is -0.122. The maximum Gasteiger partial charge on any atom is 0.229 e. The van der Waals surface area contributed by atoms with Gasteiger partial charge >= 0.3 is 0 Å². The molecule has 0 atom stereocenters. The van der Waals surface area contributed by atoms with E-state index in [-0.39, 0.29) is 12.4 Å². The number of anilines is 4. The number of imidazole rings is 2. The van der Waals surface area contributed by atoms with Gasteiger partial charge in [0.05, 0.1) is 37.3 Å². The third kappa shape index (κ3) is 15.3. The third-order valence-electron chi connectivity index (χ3n) is 11.2. The minimum absolute atomic E-state index is 0.0907. The van der Waals surface area contributed by atoms with Gasteiger partial charge in [0.1, 0.15) is 34.9 Å². The lowest BCUT2D eigenvalue weighted by atomic mass is 10.1. The first-order valence-electron chi connectivity index (χ1n) is 23.5. The molecule has 68 heavy (non-hydrogen) atoms. The Balaban J connectivity index is 0.000000201. The highest BCUT2D eigenvalue weighted by Gasteiger charge is 2.13. The number of hydrogen-bond acceptors (Lipinski definition) is 13. The van der Waals surface area contributed by atoms with E-state index in [0.717, 1.165) is 96.7 Å². The number of benzene rings is 4. The molecule has 0 spiro atoms. The highest BCUT2D eigenvalue weighted by molar-refractivity contribution is 5.79. The van der Waals surface area contributed by atoms with Gasteiger partial charge in [-0.05, 0) is 85.3 Å². The number of aliphatic hydroxyl groups excluding tert-OH is 1. The van der Waals surface area contributed by atoms with Crippen molar-refractivity contribution in [3.63, 3.8) is 0 Å². The molecule has 0 saturated heterocycles. The van der Waals surface area contributed by atoms with Gasteiger partial charge in [-0.1, -0.05) is 93.3 Å². The van der Waals surface area contributed by atoms with Crippen LogP contribution in [0.2, 0.25) is 0 Å². The largest absolute Gasteiger partial charge is 0.494 e. The quantitative estimate of drug-likeness (QED) is 0.0321. The highest BCUT2D eigenvalue weighted by Crippen LogP contribution is 2.24. The Morgan fingerprint density at radius 1 is 0.529 bits per heavy atom. The zero-order valence-electron chi connectivity index (χ0n) is 38.6. The summed E-state index contributed by atoms with van der Waals surface area (Å²) in [7, 11) is 0. The zero-order chi connectivity index (χ0) is 47.2. The normalized spacial score (nSPS) is 11.0. The fourth-order valence-corrected chi connectivity index (χ4v) is 7.45. The third-order valence-corrected chi connectivity index (χ3v) is 11.2. The molecule has 4 aromatic carbocycles. The van der Waals surface area contributed by atoms with Crippen LogP contribution in [-0.2, 0) is 22.4 Å². The minimum atomic E-state index is -0.355. The number of carbonyl (C=O) groups excluding carboxylic acids is 2. The predicted octanol–water partition coefficient (Wildman–Crippen LogP) is 10.6. The number of aromatic amines is 2. The van der Waals surface area contributed by atoms with Gasteiger partial charge in [0.25, 0.3) is 0 Å². The molecule has 0 radical (unpaired) electrons. The van der Waals surface area contributed by atoms with E-state index < -0.39 is 0 Å². The number of ether oxygens (including phenoxy) is 2. The number of H-pyrrole nitrogens is 2. The summed E-state index contributed by atoms with van der Waals surface area (Å²) in [5.41, 5.74) is 8.85. The summed E-state index contributed by atoms with van der Waals surface area (Å²) in [4.78, 5) is 55.9. The molecular formula is C53H60N10O5. The van der Waals surface area contributed by atoms with Crippen molar-refractivity contribution in [3.05, 3.63) is 144 Å². The van der Waals surface area contributed by atoms with Crippen LogP contribution in [0, 0.1) is 0 Å². The van der Waals surface area contributed by atoms with Crippen LogP contribution in [0.1, 0.15) is 100 Å². The first-order valence-corrected chi connectivity index (χ1v) is 23.5. The van der Waals surface area contributed by atoms with E-state index in [2.05, 4.69) is 64.8 Å². The summed E-state index contributed by atoms with van der Waals surface area (Å²) in [5, 5.41) is 15.3. The fraction of sp³-hybridized carbons (Fsp3) is 0.321. The molecule has 4 heterocycles. The average Bonchev–Trinajstić information content (AvgIpc) is 4.06. The van der Waals surface area contributed by atoms with Crippen LogP contribution in [0.5, 0.6) is 11.5 Å². The number of ketones is 2. The summed E-state index contributed by atoms with van der Waals surface area (Å²) in [6.07, 6.45) is 14.3. The lowest BCUT2D eigenvalue weighted by Gasteiger charge is -2.10. The molecule has 0 aliphatic carbocycles. The Kier molecular flexibility index (Phi) is 18.5. The SMILES string of the molecule is CCC(=O)CCCCCCOc1ccc(Nc2nc(Cc3ccccc3)c3[nH]cnc3n2)cc1.O=C(CO)CCCCCCOc1ccc(Nc2nc(Cc3ccccc3)c3[nH]cnc3n2)cc1. The second-order valence-electron chi connectivity index (χ2n) is 16.4. The maximum absolute atomic E-state index is 11.3. The first-order chi connectivity index (χ1) is 33.4. The number of fused-ring (bicyclic) bond motifs is 2. The number of Topliss-reactive ketones (excluding diaryl/α,β-unsaturated/α-hetero) is 2. The number of aliphatic hydroxyl groups is 1. The molecule has 5 N–H and O–H groups in total. The standard InChI is InChI=1S/C27H31N5O2.C26H29N5O3/c1-2-22(33)12-8-3-4-9-17-34-23-15-13-21(14-16-23)30-27-31-24(18-20-10-6-5-7-11-20)25-26(32-27)29-19-28-25;32-17-21(33)10-6-1-2-7-15-34-22-13-11-20(12-14-22)29-26-30-23(16-19-8-4-3-5-9-19)24-25(31-26)28-18-27-24/h5-7,10-11,13-16,19H,2-4,8-9,12,17-18H2,1H3,(H2,28,29,30,31,32);3-5,8-9,11-14,18,32H,1-2,6-7,10,15-17H2,(H2,27,28,29,30,31). The smallest absolute Gasteiger partial charge is 0.229 e. The molecule has 0 aliphatic heterocycles. The Hall–Kier alpha value is -7.52. The lowest BCUT2D eigenvalue weighted by Crippen LogP contribution is -2.03. The number of hydrogen-bond donors (Lipinski definition) is 5. The van der Waals surface area contributed by atoms with Crippen molar-refractivity contribution in [3.8, 4) is 11.5 Å². The summed E-state index contributed by atoms with van der Waals surface area (Å²) in [6, 6.07) is 35.9. The summed E-state index contributed by atoms with van der Waals surface area (Å²) < 4.78 is 11.7. The molecule has 0 fully saturated rings.